The minimum Gasteiger partial charge on any atom is -0.466 e. The van der Waals surface area contributed by atoms with Crippen LogP contribution >= 0.6 is 8.03 Å². The Morgan fingerprint density at radius 2 is 2.13 bits per heavy atom. The predicted molar refractivity (Wildman–Crippen MR) is 52.7 cm³/mol. The zero-order valence-electron chi connectivity index (χ0n) is 8.52. The van der Waals surface area contributed by atoms with Crippen molar-refractivity contribution < 1.29 is 28.2 Å². The molecule has 0 fully saturated rings. The highest BCUT2D eigenvalue weighted by atomic mass is 31.1. The third-order valence-electron chi connectivity index (χ3n) is 1.32. The monoisotopic (exact) mass is 236 g/mol. The van der Waals surface area contributed by atoms with Crippen molar-refractivity contribution in [3.05, 3.63) is 12.7 Å². The molecule has 0 bridgehead atoms. The standard InChI is InChI=1S/C8H13O6P/c1-4-6(9)14-8(7(10)12-3)15(11)13-5-2/h4,8,15H,1,5H2,2-3H3. The fourth-order valence-corrected chi connectivity index (χ4v) is 1.64. The van der Waals surface area contributed by atoms with Gasteiger partial charge in [-0.25, -0.2) is 9.59 Å². The maximum Gasteiger partial charge on any atom is 0.357 e. The molecule has 2 unspecified atom stereocenters. The minimum atomic E-state index is -2.81. The van der Waals surface area contributed by atoms with Crippen LogP contribution in [0.3, 0.4) is 0 Å². The molecule has 0 aromatic carbocycles. The van der Waals surface area contributed by atoms with Crippen LogP contribution in [0, 0.1) is 0 Å². The third kappa shape index (κ3) is 4.76. The first-order valence-corrected chi connectivity index (χ1v) is 5.53. The summed E-state index contributed by atoms with van der Waals surface area (Å²) in [5.41, 5.74) is 0. The van der Waals surface area contributed by atoms with Crippen molar-refractivity contribution in [1.82, 2.24) is 0 Å². The molecular weight excluding hydrogens is 223 g/mol. The molecule has 0 rings (SSSR count). The molecule has 0 aliphatic rings. The molecule has 0 aromatic rings. The molecule has 15 heavy (non-hydrogen) atoms. The van der Waals surface area contributed by atoms with Gasteiger partial charge in [0.25, 0.3) is 5.85 Å². The number of methoxy groups -OCH3 is 1. The Kier molecular flexibility index (Phi) is 6.66. The number of carbonyl (C=O) groups is 2. The number of carbonyl (C=O) groups excluding carboxylic acids is 2. The summed E-state index contributed by atoms with van der Waals surface area (Å²) in [6.45, 7) is 4.90. The molecule has 0 amide bonds. The van der Waals surface area contributed by atoms with E-state index in [1.54, 1.807) is 6.92 Å². The molecule has 0 radical (unpaired) electrons. The predicted octanol–water partition coefficient (Wildman–Crippen LogP) is 0.726. The summed E-state index contributed by atoms with van der Waals surface area (Å²) in [6, 6.07) is 0. The van der Waals surface area contributed by atoms with Crippen molar-refractivity contribution in [2.75, 3.05) is 13.7 Å². The number of hydrogen-bond donors (Lipinski definition) is 0. The Balaban J connectivity index is 4.57. The zero-order chi connectivity index (χ0) is 11.8. The van der Waals surface area contributed by atoms with Crippen molar-refractivity contribution in [3.8, 4) is 0 Å². The number of ether oxygens (including phenoxy) is 2. The van der Waals surface area contributed by atoms with Gasteiger partial charge in [-0.05, 0) is 6.92 Å². The van der Waals surface area contributed by atoms with Crippen LogP contribution in [0.5, 0.6) is 0 Å². The lowest BCUT2D eigenvalue weighted by Gasteiger charge is -2.13. The highest BCUT2D eigenvalue weighted by Crippen LogP contribution is 2.31. The van der Waals surface area contributed by atoms with Crippen LogP contribution in [0.2, 0.25) is 0 Å². The van der Waals surface area contributed by atoms with Gasteiger partial charge in [0.05, 0.1) is 13.7 Å². The summed E-state index contributed by atoms with van der Waals surface area (Å²) in [7, 11) is -1.72. The van der Waals surface area contributed by atoms with Crippen molar-refractivity contribution in [2.45, 2.75) is 12.8 Å². The van der Waals surface area contributed by atoms with Gasteiger partial charge in [-0.3, -0.25) is 4.57 Å². The van der Waals surface area contributed by atoms with Crippen LogP contribution < -0.4 is 0 Å². The van der Waals surface area contributed by atoms with E-state index in [4.69, 9.17) is 4.52 Å². The SMILES string of the molecule is C=CC(=O)OC(C(=O)OC)[PH](=O)OCC. The molecule has 0 saturated heterocycles. The Labute approximate surface area is 88.1 Å². The molecule has 0 saturated carbocycles. The summed E-state index contributed by atoms with van der Waals surface area (Å²) < 4.78 is 24.9. The average molecular weight is 236 g/mol. The fourth-order valence-electron chi connectivity index (χ4n) is 0.682. The lowest BCUT2D eigenvalue weighted by molar-refractivity contribution is -0.157. The van der Waals surface area contributed by atoms with Crippen molar-refractivity contribution >= 4 is 20.0 Å². The van der Waals surface area contributed by atoms with Gasteiger partial charge in [0.15, 0.2) is 0 Å². The lowest BCUT2D eigenvalue weighted by Crippen LogP contribution is -2.25. The Bertz CT molecular complexity index is 274. The second-order valence-electron chi connectivity index (χ2n) is 2.30. The van der Waals surface area contributed by atoms with E-state index in [0.717, 1.165) is 13.2 Å². The molecule has 0 spiro atoms. The second kappa shape index (κ2) is 7.20. The lowest BCUT2D eigenvalue weighted by atomic mass is 10.6. The van der Waals surface area contributed by atoms with E-state index in [2.05, 4.69) is 16.1 Å². The van der Waals surface area contributed by atoms with Gasteiger partial charge in [0.1, 0.15) is 0 Å². The number of hydrogen-bond acceptors (Lipinski definition) is 6. The van der Waals surface area contributed by atoms with Crippen LogP contribution in [0.4, 0.5) is 0 Å². The Morgan fingerprint density at radius 1 is 1.53 bits per heavy atom. The third-order valence-corrected chi connectivity index (χ3v) is 2.67. The van der Waals surface area contributed by atoms with Gasteiger partial charge in [0, 0.05) is 6.08 Å². The van der Waals surface area contributed by atoms with Crippen LogP contribution in [0.25, 0.3) is 0 Å². The first-order valence-electron chi connectivity index (χ1n) is 4.14. The normalized spacial score (nSPS) is 13.7. The van der Waals surface area contributed by atoms with Gasteiger partial charge in [-0.2, -0.15) is 0 Å². The first kappa shape index (κ1) is 13.9. The second-order valence-corrected chi connectivity index (χ2v) is 3.75. The van der Waals surface area contributed by atoms with Crippen LogP contribution in [-0.4, -0.2) is 31.5 Å². The van der Waals surface area contributed by atoms with Gasteiger partial charge < -0.3 is 14.0 Å². The highest BCUT2D eigenvalue weighted by molar-refractivity contribution is 7.41. The van der Waals surface area contributed by atoms with Crippen LogP contribution in [0.15, 0.2) is 12.7 Å². The molecule has 86 valence electrons. The molecule has 7 heteroatoms. The van der Waals surface area contributed by atoms with E-state index in [-0.39, 0.29) is 6.61 Å². The zero-order valence-corrected chi connectivity index (χ0v) is 9.52. The molecule has 0 aromatic heterocycles. The van der Waals surface area contributed by atoms with Gasteiger partial charge in [-0.1, -0.05) is 6.58 Å². The topological polar surface area (TPSA) is 78.9 Å². The van der Waals surface area contributed by atoms with Crippen molar-refractivity contribution in [2.24, 2.45) is 0 Å². The quantitative estimate of drug-likeness (QED) is 0.384. The highest BCUT2D eigenvalue weighted by Gasteiger charge is 2.29. The first-order chi connectivity index (χ1) is 7.06. The van der Waals surface area contributed by atoms with E-state index in [9.17, 15) is 14.2 Å². The smallest absolute Gasteiger partial charge is 0.357 e. The molecule has 0 N–H and O–H groups in total. The molecule has 2 atom stereocenters. The maximum atomic E-state index is 11.3. The fraction of sp³-hybridized carbons (Fsp3) is 0.500. The molecule has 6 nitrogen and oxygen atoms in total. The van der Waals surface area contributed by atoms with Crippen molar-refractivity contribution in [1.29, 1.82) is 0 Å². The van der Waals surface area contributed by atoms with E-state index in [1.807, 2.05) is 0 Å². The van der Waals surface area contributed by atoms with E-state index in [0.29, 0.717) is 0 Å². The molecule has 0 heterocycles. The Hall–Kier alpha value is -1.13. The summed E-state index contributed by atoms with van der Waals surface area (Å²) in [5.74, 6) is -3.28. The summed E-state index contributed by atoms with van der Waals surface area (Å²) in [6.07, 6.45) is 0.858. The maximum absolute atomic E-state index is 11.3. The van der Waals surface area contributed by atoms with Crippen LogP contribution in [0.1, 0.15) is 6.92 Å². The summed E-state index contributed by atoms with van der Waals surface area (Å²) in [4.78, 5) is 21.9. The molecule has 0 aliphatic carbocycles. The minimum absolute atomic E-state index is 0.150. The van der Waals surface area contributed by atoms with E-state index in [1.165, 1.54) is 0 Å². The molecular formula is C8H13O6P. The van der Waals surface area contributed by atoms with Crippen LogP contribution in [-0.2, 0) is 28.2 Å². The van der Waals surface area contributed by atoms with Gasteiger partial charge in [-0.15, -0.1) is 0 Å². The van der Waals surface area contributed by atoms with Gasteiger partial charge in [0.2, 0.25) is 8.03 Å². The Morgan fingerprint density at radius 3 is 2.53 bits per heavy atom. The van der Waals surface area contributed by atoms with Crippen molar-refractivity contribution in [3.63, 3.8) is 0 Å². The largest absolute Gasteiger partial charge is 0.466 e. The molecule has 0 aliphatic heterocycles. The average Bonchev–Trinajstić information content (AvgIpc) is 2.24. The van der Waals surface area contributed by atoms with E-state index < -0.39 is 25.8 Å². The number of esters is 2. The summed E-state index contributed by atoms with van der Waals surface area (Å²) in [5, 5.41) is 0. The number of rotatable bonds is 6. The van der Waals surface area contributed by atoms with Gasteiger partial charge >= 0.3 is 11.9 Å². The summed E-state index contributed by atoms with van der Waals surface area (Å²) >= 11 is 0. The van der Waals surface area contributed by atoms with E-state index >= 15 is 0 Å².